The lowest BCUT2D eigenvalue weighted by molar-refractivity contribution is -0.120. The normalized spacial score (nSPS) is 9.83. The van der Waals surface area contributed by atoms with Crippen molar-refractivity contribution in [3.8, 4) is 0 Å². The van der Waals surface area contributed by atoms with Crippen molar-refractivity contribution in [1.29, 1.82) is 0 Å². The van der Waals surface area contributed by atoms with Gasteiger partial charge in [-0.25, -0.2) is 0 Å². The summed E-state index contributed by atoms with van der Waals surface area (Å²) in [5.74, 6) is 0.0491. The summed E-state index contributed by atoms with van der Waals surface area (Å²) in [6, 6.07) is 3.58. The standard InChI is InChI=1S/C12H18N4OS/c1-2-5-16-11(17)4-7-14-9-3-6-15-10(8-9)12(13)18/h3,6,8H,2,4-5,7H2,1H3,(H2,13,18)(H,14,15)(H,16,17). The number of nitrogens with two attached hydrogens (primary N) is 1. The maximum atomic E-state index is 11.4. The minimum absolute atomic E-state index is 0.0491. The van der Waals surface area contributed by atoms with Gasteiger partial charge >= 0.3 is 0 Å². The van der Waals surface area contributed by atoms with Crippen LogP contribution < -0.4 is 16.4 Å². The molecule has 6 heteroatoms. The highest BCUT2D eigenvalue weighted by molar-refractivity contribution is 7.80. The molecule has 0 unspecified atom stereocenters. The van der Waals surface area contributed by atoms with Crippen LogP contribution in [0.5, 0.6) is 0 Å². The number of carbonyl (C=O) groups is 1. The summed E-state index contributed by atoms with van der Waals surface area (Å²) >= 11 is 4.85. The lowest BCUT2D eigenvalue weighted by atomic mass is 10.3. The van der Waals surface area contributed by atoms with E-state index in [-0.39, 0.29) is 10.9 Å². The minimum Gasteiger partial charge on any atom is -0.388 e. The Bertz CT molecular complexity index is 422. The molecule has 0 aliphatic heterocycles. The zero-order valence-electron chi connectivity index (χ0n) is 10.4. The third kappa shape index (κ3) is 5.09. The highest BCUT2D eigenvalue weighted by Gasteiger charge is 2.01. The molecule has 0 radical (unpaired) electrons. The maximum Gasteiger partial charge on any atom is 0.221 e. The van der Waals surface area contributed by atoms with Gasteiger partial charge in [0.15, 0.2) is 0 Å². The Morgan fingerprint density at radius 1 is 1.50 bits per heavy atom. The molecule has 4 N–H and O–H groups in total. The van der Waals surface area contributed by atoms with Crippen LogP contribution in [-0.4, -0.2) is 29.0 Å². The molecular formula is C12H18N4OS. The predicted octanol–water partition coefficient (Wildman–Crippen LogP) is 1.04. The Balaban J connectivity index is 2.37. The van der Waals surface area contributed by atoms with E-state index in [0.29, 0.717) is 18.7 Å². The molecule has 1 aromatic rings. The summed E-state index contributed by atoms with van der Waals surface area (Å²) in [6.45, 7) is 3.31. The molecular weight excluding hydrogens is 248 g/mol. The summed E-state index contributed by atoms with van der Waals surface area (Å²) in [5.41, 5.74) is 6.92. The van der Waals surface area contributed by atoms with Gasteiger partial charge in [0, 0.05) is 31.4 Å². The van der Waals surface area contributed by atoms with Crippen molar-refractivity contribution in [1.82, 2.24) is 10.3 Å². The fourth-order valence-electron chi connectivity index (χ4n) is 1.35. The van der Waals surface area contributed by atoms with Gasteiger partial charge < -0.3 is 16.4 Å². The zero-order chi connectivity index (χ0) is 13.4. The first-order chi connectivity index (χ1) is 8.63. The third-order valence-electron chi connectivity index (χ3n) is 2.27. The highest BCUT2D eigenvalue weighted by atomic mass is 32.1. The van der Waals surface area contributed by atoms with Gasteiger partial charge in [-0.1, -0.05) is 19.1 Å². The van der Waals surface area contributed by atoms with E-state index in [1.165, 1.54) is 0 Å². The Hall–Kier alpha value is -1.69. The monoisotopic (exact) mass is 266 g/mol. The Morgan fingerprint density at radius 2 is 2.28 bits per heavy atom. The van der Waals surface area contributed by atoms with Gasteiger partial charge in [0.2, 0.25) is 5.91 Å². The van der Waals surface area contributed by atoms with Gasteiger partial charge in [-0.05, 0) is 18.6 Å². The Kier molecular flexibility index (Phi) is 6.07. The molecule has 18 heavy (non-hydrogen) atoms. The molecule has 0 saturated heterocycles. The predicted molar refractivity (Wildman–Crippen MR) is 76.5 cm³/mol. The smallest absolute Gasteiger partial charge is 0.221 e. The molecule has 0 bridgehead atoms. The van der Waals surface area contributed by atoms with Gasteiger partial charge in [-0.15, -0.1) is 0 Å². The fraction of sp³-hybridized carbons (Fsp3) is 0.417. The van der Waals surface area contributed by atoms with E-state index in [1.54, 1.807) is 12.3 Å². The van der Waals surface area contributed by atoms with Crippen LogP contribution in [0.25, 0.3) is 0 Å². The molecule has 1 amide bonds. The molecule has 0 aliphatic rings. The van der Waals surface area contributed by atoms with Gasteiger partial charge in [-0.3, -0.25) is 9.78 Å². The van der Waals surface area contributed by atoms with E-state index in [9.17, 15) is 4.79 Å². The van der Waals surface area contributed by atoms with E-state index in [1.807, 2.05) is 13.0 Å². The maximum absolute atomic E-state index is 11.4. The highest BCUT2D eigenvalue weighted by Crippen LogP contribution is 2.07. The molecule has 1 heterocycles. The van der Waals surface area contributed by atoms with E-state index in [4.69, 9.17) is 18.0 Å². The van der Waals surface area contributed by atoms with Crippen LogP contribution in [0.4, 0.5) is 5.69 Å². The van der Waals surface area contributed by atoms with Gasteiger partial charge in [-0.2, -0.15) is 0 Å². The van der Waals surface area contributed by atoms with Crippen molar-refractivity contribution >= 4 is 28.8 Å². The van der Waals surface area contributed by atoms with Crippen molar-refractivity contribution in [2.45, 2.75) is 19.8 Å². The van der Waals surface area contributed by atoms with Crippen LogP contribution in [0.15, 0.2) is 18.3 Å². The number of anilines is 1. The number of carbonyl (C=O) groups excluding carboxylic acids is 1. The summed E-state index contributed by atoms with van der Waals surface area (Å²) in [6.07, 6.45) is 3.01. The number of pyridine rings is 1. The first-order valence-electron chi connectivity index (χ1n) is 5.90. The molecule has 0 aromatic carbocycles. The number of amides is 1. The number of rotatable bonds is 7. The molecule has 98 valence electrons. The van der Waals surface area contributed by atoms with Crippen LogP contribution in [0.3, 0.4) is 0 Å². The van der Waals surface area contributed by atoms with Gasteiger partial charge in [0.25, 0.3) is 0 Å². The van der Waals surface area contributed by atoms with Gasteiger partial charge in [0.05, 0.1) is 5.69 Å². The average Bonchev–Trinajstić information content (AvgIpc) is 2.36. The number of hydrogen-bond donors (Lipinski definition) is 3. The van der Waals surface area contributed by atoms with Crippen LogP contribution in [0.2, 0.25) is 0 Å². The number of thiocarbonyl (C=S) groups is 1. The van der Waals surface area contributed by atoms with Crippen LogP contribution in [-0.2, 0) is 4.79 Å². The molecule has 1 aromatic heterocycles. The van der Waals surface area contributed by atoms with E-state index in [2.05, 4.69) is 15.6 Å². The van der Waals surface area contributed by atoms with Crippen molar-refractivity contribution in [2.75, 3.05) is 18.4 Å². The molecule has 0 aliphatic carbocycles. The number of hydrogen-bond acceptors (Lipinski definition) is 4. The Labute approximate surface area is 112 Å². The van der Waals surface area contributed by atoms with Crippen molar-refractivity contribution in [3.63, 3.8) is 0 Å². The van der Waals surface area contributed by atoms with Crippen molar-refractivity contribution in [3.05, 3.63) is 24.0 Å². The third-order valence-corrected chi connectivity index (χ3v) is 2.47. The summed E-state index contributed by atoms with van der Waals surface area (Å²) in [7, 11) is 0. The second-order valence-electron chi connectivity index (χ2n) is 3.82. The second kappa shape index (κ2) is 7.60. The van der Waals surface area contributed by atoms with E-state index < -0.39 is 0 Å². The quantitative estimate of drug-likeness (QED) is 0.643. The average molecular weight is 266 g/mol. The molecule has 0 fully saturated rings. The topological polar surface area (TPSA) is 80.0 Å². The van der Waals surface area contributed by atoms with E-state index in [0.717, 1.165) is 18.7 Å². The largest absolute Gasteiger partial charge is 0.388 e. The molecule has 5 nitrogen and oxygen atoms in total. The lowest BCUT2D eigenvalue weighted by Crippen LogP contribution is -2.25. The zero-order valence-corrected chi connectivity index (χ0v) is 11.2. The Morgan fingerprint density at radius 3 is 2.94 bits per heavy atom. The molecule has 0 atom stereocenters. The van der Waals surface area contributed by atoms with Crippen molar-refractivity contribution < 1.29 is 4.79 Å². The van der Waals surface area contributed by atoms with Crippen molar-refractivity contribution in [2.24, 2.45) is 5.73 Å². The number of nitrogens with one attached hydrogen (secondary N) is 2. The molecule has 1 rings (SSSR count). The second-order valence-corrected chi connectivity index (χ2v) is 4.26. The summed E-state index contributed by atoms with van der Waals surface area (Å²) < 4.78 is 0. The molecule has 0 saturated carbocycles. The first kappa shape index (κ1) is 14.4. The SMILES string of the molecule is CCCNC(=O)CCNc1ccnc(C(N)=S)c1. The fourth-order valence-corrected chi connectivity index (χ4v) is 1.46. The minimum atomic E-state index is 0.0491. The van der Waals surface area contributed by atoms with E-state index >= 15 is 0 Å². The lowest BCUT2D eigenvalue weighted by Gasteiger charge is -2.07. The van der Waals surface area contributed by atoms with Crippen LogP contribution in [0, 0.1) is 0 Å². The van der Waals surface area contributed by atoms with Gasteiger partial charge in [0.1, 0.15) is 4.99 Å². The summed E-state index contributed by atoms with van der Waals surface area (Å²) in [5, 5.41) is 5.95. The first-order valence-corrected chi connectivity index (χ1v) is 6.30. The van der Waals surface area contributed by atoms with Crippen LogP contribution in [0.1, 0.15) is 25.5 Å². The van der Waals surface area contributed by atoms with Crippen LogP contribution >= 0.6 is 12.2 Å². The summed E-state index contributed by atoms with van der Waals surface area (Å²) in [4.78, 5) is 15.7. The number of nitrogens with zero attached hydrogens (tertiary/aromatic N) is 1. The number of aromatic nitrogens is 1. The molecule has 0 spiro atoms.